The molecule has 2 aromatic rings. The third kappa shape index (κ3) is 2.39. The van der Waals surface area contributed by atoms with Crippen LogP contribution in [-0.2, 0) is 0 Å². The fourth-order valence-corrected chi connectivity index (χ4v) is 1.53. The zero-order chi connectivity index (χ0) is 12.3. The minimum absolute atomic E-state index is 0.219. The quantitative estimate of drug-likeness (QED) is 0.768. The van der Waals surface area contributed by atoms with Crippen LogP contribution in [0.2, 0.25) is 5.02 Å². The molecule has 0 bridgehead atoms. The lowest BCUT2D eigenvalue weighted by molar-refractivity contribution is 1.20. The Hall–Kier alpha value is -2.43. The van der Waals surface area contributed by atoms with Crippen LogP contribution in [0, 0.1) is 22.7 Å². The summed E-state index contributed by atoms with van der Waals surface area (Å²) in [5.41, 5.74) is 1.51. The van der Waals surface area contributed by atoms with Gasteiger partial charge >= 0.3 is 0 Å². The van der Waals surface area contributed by atoms with Crippen LogP contribution >= 0.6 is 11.6 Å². The highest BCUT2D eigenvalue weighted by Gasteiger charge is 2.05. The zero-order valence-corrected chi connectivity index (χ0v) is 9.31. The van der Waals surface area contributed by atoms with Gasteiger partial charge in [-0.3, -0.25) is 0 Å². The molecule has 0 unspecified atom stereocenters. The predicted molar refractivity (Wildman–Crippen MR) is 61.9 cm³/mol. The molecule has 0 saturated carbocycles. The molecule has 0 radical (unpaired) electrons. The standard InChI is InChI=1S/C12H5ClN4/c13-8-4-10(7-15)17-12(5-8)11-3-1-2-9(6-14)16-11/h1-5H. The minimum atomic E-state index is 0.219. The first-order valence-electron chi connectivity index (χ1n) is 4.68. The SMILES string of the molecule is N#Cc1cccc(-c2cc(Cl)cc(C#N)n2)n1. The Labute approximate surface area is 103 Å². The largest absolute Gasteiger partial charge is 0.235 e. The van der Waals surface area contributed by atoms with Crippen molar-refractivity contribution in [2.45, 2.75) is 0 Å². The number of halogens is 1. The molecule has 2 heterocycles. The van der Waals surface area contributed by atoms with E-state index in [9.17, 15) is 0 Å². The molecular formula is C12H5ClN4. The fourth-order valence-electron chi connectivity index (χ4n) is 1.33. The smallest absolute Gasteiger partial charge is 0.142 e. The Kier molecular flexibility index (Phi) is 3.00. The number of nitrogens with zero attached hydrogens (tertiary/aromatic N) is 4. The summed E-state index contributed by atoms with van der Waals surface area (Å²) in [5.74, 6) is 0. The summed E-state index contributed by atoms with van der Waals surface area (Å²) < 4.78 is 0. The first-order chi connectivity index (χ1) is 8.22. The lowest BCUT2D eigenvalue weighted by atomic mass is 10.2. The molecule has 0 aliphatic heterocycles. The summed E-state index contributed by atoms with van der Waals surface area (Å²) in [6.07, 6.45) is 0. The molecule has 0 saturated heterocycles. The molecule has 4 nitrogen and oxygen atoms in total. The van der Waals surface area contributed by atoms with E-state index in [1.54, 1.807) is 24.3 Å². The molecule has 0 aromatic carbocycles. The van der Waals surface area contributed by atoms with Gasteiger partial charge in [0, 0.05) is 5.02 Å². The Bertz CT molecular complexity index is 652. The normalized spacial score (nSPS) is 9.35. The summed E-state index contributed by atoms with van der Waals surface area (Å²) in [4.78, 5) is 8.17. The van der Waals surface area contributed by atoms with Gasteiger partial charge in [0.1, 0.15) is 23.5 Å². The van der Waals surface area contributed by atoms with Crippen LogP contribution in [0.4, 0.5) is 0 Å². The molecule has 17 heavy (non-hydrogen) atoms. The Morgan fingerprint density at radius 3 is 2.35 bits per heavy atom. The van der Waals surface area contributed by atoms with Crippen LogP contribution in [0.5, 0.6) is 0 Å². The van der Waals surface area contributed by atoms with E-state index >= 15 is 0 Å². The van der Waals surface area contributed by atoms with Gasteiger partial charge in [-0.2, -0.15) is 10.5 Å². The molecule has 0 aliphatic carbocycles. The van der Waals surface area contributed by atoms with E-state index in [1.807, 2.05) is 12.1 Å². The van der Waals surface area contributed by atoms with Crippen molar-refractivity contribution in [1.29, 1.82) is 10.5 Å². The average molecular weight is 241 g/mol. The highest BCUT2D eigenvalue weighted by Crippen LogP contribution is 2.20. The van der Waals surface area contributed by atoms with Crippen molar-refractivity contribution in [3.05, 3.63) is 46.7 Å². The molecule has 0 spiro atoms. The molecule has 2 rings (SSSR count). The molecular weight excluding hydrogens is 236 g/mol. The van der Waals surface area contributed by atoms with Gasteiger partial charge in [-0.05, 0) is 24.3 Å². The van der Waals surface area contributed by atoms with Crippen molar-refractivity contribution in [2.24, 2.45) is 0 Å². The van der Waals surface area contributed by atoms with Crippen molar-refractivity contribution < 1.29 is 0 Å². The molecule has 0 N–H and O–H groups in total. The number of hydrogen-bond acceptors (Lipinski definition) is 4. The summed E-state index contributed by atoms with van der Waals surface area (Å²) in [6.45, 7) is 0. The molecule has 2 aromatic heterocycles. The van der Waals surface area contributed by atoms with E-state index in [1.165, 1.54) is 6.07 Å². The third-order valence-electron chi connectivity index (χ3n) is 2.03. The van der Waals surface area contributed by atoms with Crippen LogP contribution in [0.3, 0.4) is 0 Å². The lowest BCUT2D eigenvalue weighted by Crippen LogP contribution is -1.92. The molecule has 0 aliphatic rings. The first-order valence-corrected chi connectivity index (χ1v) is 5.06. The van der Waals surface area contributed by atoms with Crippen molar-refractivity contribution >= 4 is 11.6 Å². The van der Waals surface area contributed by atoms with Gasteiger partial charge in [0.15, 0.2) is 0 Å². The second kappa shape index (κ2) is 4.61. The van der Waals surface area contributed by atoms with Crippen LogP contribution in [0.1, 0.15) is 11.4 Å². The number of nitriles is 2. The Morgan fingerprint density at radius 1 is 0.941 bits per heavy atom. The topological polar surface area (TPSA) is 73.4 Å². The van der Waals surface area contributed by atoms with Gasteiger partial charge in [-0.1, -0.05) is 17.7 Å². The molecule has 0 fully saturated rings. The van der Waals surface area contributed by atoms with E-state index in [0.29, 0.717) is 22.1 Å². The summed E-state index contributed by atoms with van der Waals surface area (Å²) in [6, 6.07) is 11.9. The number of pyridine rings is 2. The van der Waals surface area contributed by atoms with Gasteiger partial charge in [0.2, 0.25) is 0 Å². The number of hydrogen-bond donors (Lipinski definition) is 0. The maximum absolute atomic E-state index is 8.79. The van der Waals surface area contributed by atoms with Crippen LogP contribution in [0.15, 0.2) is 30.3 Å². The summed E-state index contributed by atoms with van der Waals surface area (Å²) >= 11 is 5.87. The highest BCUT2D eigenvalue weighted by molar-refractivity contribution is 6.30. The van der Waals surface area contributed by atoms with Crippen molar-refractivity contribution in [1.82, 2.24) is 9.97 Å². The van der Waals surface area contributed by atoms with Crippen LogP contribution in [0.25, 0.3) is 11.4 Å². The fraction of sp³-hybridized carbons (Fsp3) is 0. The minimum Gasteiger partial charge on any atom is -0.235 e. The molecule has 5 heteroatoms. The molecule has 80 valence electrons. The van der Waals surface area contributed by atoms with E-state index < -0.39 is 0 Å². The zero-order valence-electron chi connectivity index (χ0n) is 8.55. The van der Waals surface area contributed by atoms with Gasteiger partial charge in [-0.25, -0.2) is 9.97 Å². The van der Waals surface area contributed by atoms with Gasteiger partial charge in [-0.15, -0.1) is 0 Å². The second-order valence-corrected chi connectivity index (χ2v) is 3.62. The van der Waals surface area contributed by atoms with Crippen molar-refractivity contribution in [2.75, 3.05) is 0 Å². The third-order valence-corrected chi connectivity index (χ3v) is 2.25. The number of rotatable bonds is 1. The van der Waals surface area contributed by atoms with E-state index in [-0.39, 0.29) is 5.69 Å². The van der Waals surface area contributed by atoms with Crippen molar-refractivity contribution in [3.8, 4) is 23.5 Å². The summed E-state index contributed by atoms with van der Waals surface area (Å²) in [5, 5.41) is 18.0. The maximum atomic E-state index is 8.79. The Balaban J connectivity index is 2.57. The predicted octanol–water partition coefficient (Wildman–Crippen LogP) is 2.54. The first kappa shape index (κ1) is 11.1. The lowest BCUT2D eigenvalue weighted by Gasteiger charge is -2.01. The van der Waals surface area contributed by atoms with Crippen LogP contribution < -0.4 is 0 Å². The van der Waals surface area contributed by atoms with E-state index in [4.69, 9.17) is 22.1 Å². The molecule has 0 amide bonds. The second-order valence-electron chi connectivity index (χ2n) is 3.19. The molecule has 0 atom stereocenters. The van der Waals surface area contributed by atoms with Crippen molar-refractivity contribution in [3.63, 3.8) is 0 Å². The monoisotopic (exact) mass is 240 g/mol. The average Bonchev–Trinajstić information content (AvgIpc) is 2.38. The van der Waals surface area contributed by atoms with Gasteiger partial charge < -0.3 is 0 Å². The van der Waals surface area contributed by atoms with Gasteiger partial charge in [0.25, 0.3) is 0 Å². The highest BCUT2D eigenvalue weighted by atomic mass is 35.5. The summed E-state index contributed by atoms with van der Waals surface area (Å²) in [7, 11) is 0. The maximum Gasteiger partial charge on any atom is 0.142 e. The number of aromatic nitrogens is 2. The van der Waals surface area contributed by atoms with Gasteiger partial charge in [0.05, 0.1) is 11.4 Å². The van der Waals surface area contributed by atoms with E-state index in [2.05, 4.69) is 9.97 Å². The van der Waals surface area contributed by atoms with E-state index in [0.717, 1.165) is 0 Å². The van der Waals surface area contributed by atoms with Crippen LogP contribution in [-0.4, -0.2) is 9.97 Å². The Morgan fingerprint density at radius 2 is 1.65 bits per heavy atom.